The van der Waals surface area contributed by atoms with Crippen LogP contribution in [0.25, 0.3) is 0 Å². The van der Waals surface area contributed by atoms with Crippen LogP contribution in [0.3, 0.4) is 0 Å². The molecule has 0 amide bonds. The molecule has 1 aromatic heterocycles. The van der Waals surface area contributed by atoms with Crippen molar-refractivity contribution in [1.29, 1.82) is 0 Å². The van der Waals surface area contributed by atoms with Gasteiger partial charge in [0.2, 0.25) is 0 Å². The third-order valence-electron chi connectivity index (χ3n) is 2.64. The summed E-state index contributed by atoms with van der Waals surface area (Å²) in [7, 11) is 1.85. The average Bonchev–Trinajstić information content (AvgIpc) is 2.65. The van der Waals surface area contributed by atoms with Crippen molar-refractivity contribution < 1.29 is 4.39 Å². The van der Waals surface area contributed by atoms with Crippen molar-refractivity contribution in [3.05, 3.63) is 45.7 Å². The van der Waals surface area contributed by atoms with Gasteiger partial charge in [0.25, 0.3) is 0 Å². The zero-order valence-corrected chi connectivity index (χ0v) is 10.8. The first-order valence-corrected chi connectivity index (χ1v) is 6.12. The number of nitrogens with zero attached hydrogens (tertiary/aromatic N) is 2. The number of nitrogens with one attached hydrogen (secondary N) is 1. The number of benzene rings is 1. The fourth-order valence-electron chi connectivity index (χ4n) is 1.88. The molecule has 1 N–H and O–H groups in total. The summed E-state index contributed by atoms with van der Waals surface area (Å²) >= 11 is 1.34. The SMILES string of the molecule is CNC(c1cc(C)cc(F)c1)c1snnc1C. The Morgan fingerprint density at radius 3 is 2.59 bits per heavy atom. The molecule has 0 spiro atoms. The summed E-state index contributed by atoms with van der Waals surface area (Å²) in [6.45, 7) is 3.80. The molecule has 0 saturated carbocycles. The molecule has 1 aromatic carbocycles. The minimum Gasteiger partial charge on any atom is -0.309 e. The first-order chi connectivity index (χ1) is 8.11. The Balaban J connectivity index is 2.45. The summed E-state index contributed by atoms with van der Waals surface area (Å²) in [6, 6.07) is 4.99. The highest BCUT2D eigenvalue weighted by atomic mass is 32.1. The predicted molar refractivity (Wildman–Crippen MR) is 66.7 cm³/mol. The molecular formula is C12H14FN3S. The highest BCUT2D eigenvalue weighted by Gasteiger charge is 2.18. The highest BCUT2D eigenvalue weighted by molar-refractivity contribution is 7.05. The third kappa shape index (κ3) is 2.50. The quantitative estimate of drug-likeness (QED) is 0.911. The van der Waals surface area contributed by atoms with Gasteiger partial charge in [-0.2, -0.15) is 0 Å². The molecule has 0 radical (unpaired) electrons. The second kappa shape index (κ2) is 4.89. The molecule has 0 bridgehead atoms. The van der Waals surface area contributed by atoms with Gasteiger partial charge in [-0.1, -0.05) is 10.6 Å². The van der Waals surface area contributed by atoms with E-state index in [1.807, 2.05) is 27.0 Å². The molecule has 3 nitrogen and oxygen atoms in total. The number of hydrogen-bond acceptors (Lipinski definition) is 4. The largest absolute Gasteiger partial charge is 0.309 e. The van der Waals surface area contributed by atoms with Crippen molar-refractivity contribution in [2.45, 2.75) is 19.9 Å². The summed E-state index contributed by atoms with van der Waals surface area (Å²) in [4.78, 5) is 1.03. The second-order valence-corrected chi connectivity index (χ2v) is 4.79. The van der Waals surface area contributed by atoms with E-state index in [4.69, 9.17) is 0 Å². The van der Waals surface area contributed by atoms with E-state index in [1.165, 1.54) is 17.6 Å². The Bertz CT molecular complexity index is 504. The van der Waals surface area contributed by atoms with Crippen LogP contribution in [-0.2, 0) is 0 Å². The second-order valence-electron chi connectivity index (χ2n) is 4.01. The van der Waals surface area contributed by atoms with Crippen molar-refractivity contribution in [2.24, 2.45) is 0 Å². The molecule has 1 atom stereocenters. The molecule has 1 unspecified atom stereocenters. The van der Waals surface area contributed by atoms with Gasteiger partial charge in [0.1, 0.15) is 5.82 Å². The maximum Gasteiger partial charge on any atom is 0.123 e. The van der Waals surface area contributed by atoms with E-state index in [-0.39, 0.29) is 11.9 Å². The van der Waals surface area contributed by atoms with Gasteiger partial charge in [-0.25, -0.2) is 4.39 Å². The van der Waals surface area contributed by atoms with E-state index in [0.29, 0.717) is 0 Å². The molecule has 5 heteroatoms. The van der Waals surface area contributed by atoms with Crippen molar-refractivity contribution in [3.8, 4) is 0 Å². The molecule has 0 aliphatic heterocycles. The maximum atomic E-state index is 13.4. The monoisotopic (exact) mass is 251 g/mol. The van der Waals surface area contributed by atoms with Crippen molar-refractivity contribution in [2.75, 3.05) is 7.05 Å². The zero-order valence-electron chi connectivity index (χ0n) is 9.99. The lowest BCUT2D eigenvalue weighted by atomic mass is 10.0. The molecular weight excluding hydrogens is 237 g/mol. The summed E-state index contributed by atoms with van der Waals surface area (Å²) in [5, 5.41) is 7.17. The molecule has 2 aromatic rings. The van der Waals surface area contributed by atoms with E-state index in [0.717, 1.165) is 21.7 Å². The Kier molecular flexibility index (Phi) is 3.49. The first kappa shape index (κ1) is 12.1. The number of aromatic nitrogens is 2. The van der Waals surface area contributed by atoms with E-state index in [9.17, 15) is 4.39 Å². The van der Waals surface area contributed by atoms with Gasteiger partial charge in [-0.3, -0.25) is 0 Å². The molecule has 0 saturated heterocycles. The molecule has 17 heavy (non-hydrogen) atoms. The van der Waals surface area contributed by atoms with E-state index >= 15 is 0 Å². The van der Waals surface area contributed by atoms with Crippen LogP contribution < -0.4 is 5.32 Å². The number of hydrogen-bond donors (Lipinski definition) is 1. The van der Waals surface area contributed by atoms with Gasteiger partial charge < -0.3 is 5.32 Å². The summed E-state index contributed by atoms with van der Waals surface area (Å²) in [6.07, 6.45) is 0. The summed E-state index contributed by atoms with van der Waals surface area (Å²) in [5.74, 6) is -0.213. The minimum atomic E-state index is -0.213. The van der Waals surface area contributed by atoms with E-state index in [2.05, 4.69) is 14.9 Å². The minimum absolute atomic E-state index is 0.0515. The molecule has 2 rings (SSSR count). The fourth-order valence-corrected chi connectivity index (χ4v) is 2.67. The fraction of sp³-hybridized carbons (Fsp3) is 0.333. The van der Waals surface area contributed by atoms with Gasteiger partial charge in [0.05, 0.1) is 16.6 Å². The van der Waals surface area contributed by atoms with Gasteiger partial charge >= 0.3 is 0 Å². The lowest BCUT2D eigenvalue weighted by Crippen LogP contribution is -2.17. The van der Waals surface area contributed by atoms with E-state index in [1.54, 1.807) is 6.07 Å². The topological polar surface area (TPSA) is 37.8 Å². The predicted octanol–water partition coefficient (Wildman–Crippen LogP) is 2.60. The first-order valence-electron chi connectivity index (χ1n) is 5.35. The van der Waals surface area contributed by atoms with Gasteiger partial charge in [-0.15, -0.1) is 5.10 Å². The third-order valence-corrected chi connectivity index (χ3v) is 3.53. The molecule has 0 fully saturated rings. The molecule has 0 aliphatic rings. The van der Waals surface area contributed by atoms with Crippen LogP contribution in [0.2, 0.25) is 0 Å². The lowest BCUT2D eigenvalue weighted by Gasteiger charge is -2.15. The molecule has 90 valence electrons. The number of rotatable bonds is 3. The molecule has 1 heterocycles. The van der Waals surface area contributed by atoms with Gasteiger partial charge in [0, 0.05) is 0 Å². The lowest BCUT2D eigenvalue weighted by molar-refractivity contribution is 0.616. The smallest absolute Gasteiger partial charge is 0.123 e. The van der Waals surface area contributed by atoms with E-state index < -0.39 is 0 Å². The van der Waals surface area contributed by atoms with Crippen LogP contribution in [0.4, 0.5) is 4.39 Å². The van der Waals surface area contributed by atoms with Gasteiger partial charge in [-0.05, 0) is 55.7 Å². The van der Waals surface area contributed by atoms with Crippen LogP contribution in [0.1, 0.15) is 27.7 Å². The Morgan fingerprint density at radius 1 is 1.29 bits per heavy atom. The van der Waals surface area contributed by atoms with Gasteiger partial charge in [0.15, 0.2) is 0 Å². The number of halogens is 1. The van der Waals surface area contributed by atoms with Crippen LogP contribution >= 0.6 is 11.5 Å². The standard InChI is InChI=1S/C12H14FN3S/c1-7-4-9(6-10(13)5-7)11(14-3)12-8(2)15-16-17-12/h4-6,11,14H,1-3H3. The average molecular weight is 251 g/mol. The Hall–Kier alpha value is -1.33. The summed E-state index contributed by atoms with van der Waals surface area (Å²) in [5.41, 5.74) is 2.70. The Morgan fingerprint density at radius 2 is 2.06 bits per heavy atom. The maximum absolute atomic E-state index is 13.4. The molecule has 0 aliphatic carbocycles. The van der Waals surface area contributed by atoms with Crippen LogP contribution in [0.5, 0.6) is 0 Å². The Labute approximate surface area is 104 Å². The zero-order chi connectivity index (χ0) is 12.4. The van der Waals surface area contributed by atoms with Crippen LogP contribution in [-0.4, -0.2) is 16.6 Å². The van der Waals surface area contributed by atoms with Crippen molar-refractivity contribution >= 4 is 11.5 Å². The van der Waals surface area contributed by atoms with Crippen molar-refractivity contribution in [3.63, 3.8) is 0 Å². The van der Waals surface area contributed by atoms with Crippen LogP contribution in [0, 0.1) is 19.7 Å². The van der Waals surface area contributed by atoms with Crippen LogP contribution in [0.15, 0.2) is 18.2 Å². The highest BCUT2D eigenvalue weighted by Crippen LogP contribution is 2.27. The summed E-state index contributed by atoms with van der Waals surface area (Å²) < 4.78 is 17.3. The normalized spacial score (nSPS) is 12.7. The van der Waals surface area contributed by atoms with Crippen molar-refractivity contribution in [1.82, 2.24) is 14.9 Å². The number of aryl methyl sites for hydroxylation is 2.